The van der Waals surface area contributed by atoms with Gasteiger partial charge < -0.3 is 20.1 Å². The van der Waals surface area contributed by atoms with E-state index in [2.05, 4.69) is 10.6 Å². The van der Waals surface area contributed by atoms with Gasteiger partial charge in [0.15, 0.2) is 0 Å². The summed E-state index contributed by atoms with van der Waals surface area (Å²) in [4.78, 5) is 37.3. The molecule has 3 rings (SSSR count). The number of benzene rings is 2. The second kappa shape index (κ2) is 8.97. The lowest BCUT2D eigenvalue weighted by atomic mass is 10.0. The summed E-state index contributed by atoms with van der Waals surface area (Å²) in [7, 11) is 5.75. The molecule has 9 nitrogen and oxygen atoms in total. The Hall–Kier alpha value is -3.72. The molecule has 1 aromatic heterocycles. The molecule has 0 aliphatic carbocycles. The molecule has 0 aliphatic heterocycles. The van der Waals surface area contributed by atoms with Crippen molar-refractivity contribution in [3.63, 3.8) is 0 Å². The zero-order valence-electron chi connectivity index (χ0n) is 17.9. The van der Waals surface area contributed by atoms with E-state index in [1.54, 1.807) is 13.0 Å². The Bertz CT molecular complexity index is 1150. The molecule has 162 valence electrons. The first-order valence-electron chi connectivity index (χ1n) is 9.73. The van der Waals surface area contributed by atoms with Crippen LogP contribution in [0.15, 0.2) is 48.7 Å². The first-order chi connectivity index (χ1) is 14.7. The fraction of sp³-hybridized carbons (Fsp3) is 0.273. The monoisotopic (exact) mass is 423 g/mol. The average Bonchev–Trinajstić information content (AvgIpc) is 3.05. The molecular weight excluding hydrogens is 398 g/mol. The molecular formula is C22H25N5O4. The Balaban J connectivity index is 1.74. The third-order valence-electron chi connectivity index (χ3n) is 5.17. The molecule has 9 heteroatoms. The van der Waals surface area contributed by atoms with Gasteiger partial charge in [-0.2, -0.15) is 0 Å². The molecule has 1 unspecified atom stereocenters. The maximum atomic E-state index is 12.4. The number of aromatic nitrogens is 1. The lowest BCUT2D eigenvalue weighted by Crippen LogP contribution is -2.40. The average molecular weight is 423 g/mol. The maximum Gasteiger partial charge on any atom is 0.313 e. The summed E-state index contributed by atoms with van der Waals surface area (Å²) in [5.41, 5.74) is 2.49. The van der Waals surface area contributed by atoms with E-state index in [9.17, 15) is 19.7 Å². The van der Waals surface area contributed by atoms with Gasteiger partial charge in [0.25, 0.3) is 5.69 Å². The van der Waals surface area contributed by atoms with Crippen LogP contribution in [0.5, 0.6) is 0 Å². The lowest BCUT2D eigenvalue weighted by molar-refractivity contribution is -0.384. The SMILES string of the molecule is Cc1ccc(NC(=O)C(=O)NCC(c2cn(C)c3ccccc23)N(C)C)c([N+](=O)[O-])c1. The Morgan fingerprint density at radius 3 is 2.55 bits per heavy atom. The van der Waals surface area contributed by atoms with Gasteiger partial charge in [-0.1, -0.05) is 24.3 Å². The fourth-order valence-corrected chi connectivity index (χ4v) is 3.56. The van der Waals surface area contributed by atoms with Crippen molar-refractivity contribution in [2.45, 2.75) is 13.0 Å². The van der Waals surface area contributed by atoms with Crippen LogP contribution in [0.1, 0.15) is 17.2 Å². The number of nitrogens with zero attached hydrogens (tertiary/aromatic N) is 3. The number of aryl methyl sites for hydroxylation is 2. The summed E-state index contributed by atoms with van der Waals surface area (Å²) >= 11 is 0. The molecule has 31 heavy (non-hydrogen) atoms. The standard InChI is InChI=1S/C22H25N5O4/c1-14-9-10-17(19(11-14)27(30)31)24-22(29)21(28)23-12-20(25(2)3)16-13-26(4)18-8-6-5-7-15(16)18/h5-11,13,20H,12H2,1-4H3,(H,23,28)(H,24,29). The topological polar surface area (TPSA) is 110 Å². The highest BCUT2D eigenvalue weighted by atomic mass is 16.6. The van der Waals surface area contributed by atoms with Crippen LogP contribution in [0.25, 0.3) is 10.9 Å². The highest BCUT2D eigenvalue weighted by Gasteiger charge is 2.23. The number of nitrogens with one attached hydrogen (secondary N) is 2. The van der Waals surface area contributed by atoms with Crippen molar-refractivity contribution >= 4 is 34.1 Å². The van der Waals surface area contributed by atoms with Gasteiger partial charge in [-0.25, -0.2) is 0 Å². The van der Waals surface area contributed by atoms with Crippen LogP contribution in [0.4, 0.5) is 11.4 Å². The molecule has 0 radical (unpaired) electrons. The van der Waals surface area contributed by atoms with Crippen LogP contribution in [-0.4, -0.2) is 46.8 Å². The third kappa shape index (κ3) is 4.72. The summed E-state index contributed by atoms with van der Waals surface area (Å²) in [6.45, 7) is 1.91. The number of fused-ring (bicyclic) bond motifs is 1. The molecule has 0 fully saturated rings. The second-order valence-corrected chi connectivity index (χ2v) is 7.63. The van der Waals surface area contributed by atoms with E-state index < -0.39 is 16.7 Å². The predicted octanol–water partition coefficient (Wildman–Crippen LogP) is 2.75. The Kier molecular flexibility index (Phi) is 6.36. The van der Waals surface area contributed by atoms with Crippen molar-refractivity contribution in [1.82, 2.24) is 14.8 Å². The van der Waals surface area contributed by atoms with Crippen molar-refractivity contribution in [1.29, 1.82) is 0 Å². The molecule has 0 spiro atoms. The van der Waals surface area contributed by atoms with E-state index >= 15 is 0 Å². The third-order valence-corrected chi connectivity index (χ3v) is 5.17. The molecule has 0 saturated heterocycles. The number of hydrogen-bond donors (Lipinski definition) is 2. The van der Waals surface area contributed by atoms with Gasteiger partial charge in [-0.05, 0) is 44.3 Å². The minimum absolute atomic E-state index is 0.0195. The lowest BCUT2D eigenvalue weighted by Gasteiger charge is -2.24. The van der Waals surface area contributed by atoms with Gasteiger partial charge in [-0.3, -0.25) is 19.7 Å². The van der Waals surface area contributed by atoms with Crippen molar-refractivity contribution in [3.05, 3.63) is 69.9 Å². The highest BCUT2D eigenvalue weighted by Crippen LogP contribution is 2.28. The van der Waals surface area contributed by atoms with Crippen LogP contribution in [0.2, 0.25) is 0 Å². The number of carbonyl (C=O) groups is 2. The number of hydrogen-bond acceptors (Lipinski definition) is 5. The van der Waals surface area contributed by atoms with E-state index in [-0.39, 0.29) is 24.0 Å². The Morgan fingerprint density at radius 2 is 1.87 bits per heavy atom. The number of rotatable bonds is 6. The number of amides is 2. The molecule has 1 heterocycles. The maximum absolute atomic E-state index is 12.4. The minimum Gasteiger partial charge on any atom is -0.350 e. The summed E-state index contributed by atoms with van der Waals surface area (Å²) in [6.07, 6.45) is 2.01. The zero-order chi connectivity index (χ0) is 22.7. The molecule has 0 aliphatic rings. The molecule has 3 aromatic rings. The van der Waals surface area contributed by atoms with E-state index in [0.29, 0.717) is 5.56 Å². The molecule has 2 N–H and O–H groups in total. The molecule has 1 atom stereocenters. The van der Waals surface area contributed by atoms with Gasteiger partial charge in [0, 0.05) is 36.8 Å². The van der Waals surface area contributed by atoms with Crippen molar-refractivity contribution in [3.8, 4) is 0 Å². The summed E-state index contributed by atoms with van der Waals surface area (Å²) in [5, 5.41) is 17.3. The smallest absolute Gasteiger partial charge is 0.313 e. The van der Waals surface area contributed by atoms with Crippen molar-refractivity contribution in [2.75, 3.05) is 26.0 Å². The number of nitro benzene ring substituents is 1. The number of anilines is 1. The quantitative estimate of drug-likeness (QED) is 0.360. The van der Waals surface area contributed by atoms with E-state index in [1.165, 1.54) is 12.1 Å². The Labute approximate surface area is 179 Å². The van der Waals surface area contributed by atoms with Gasteiger partial charge in [0.1, 0.15) is 5.69 Å². The first kappa shape index (κ1) is 22.0. The number of nitro groups is 1. The minimum atomic E-state index is -0.956. The number of carbonyl (C=O) groups excluding carboxylic acids is 2. The van der Waals surface area contributed by atoms with Crippen LogP contribution >= 0.6 is 0 Å². The summed E-state index contributed by atoms with van der Waals surface area (Å²) in [5.74, 6) is -1.82. The largest absolute Gasteiger partial charge is 0.350 e. The molecule has 0 bridgehead atoms. The van der Waals surface area contributed by atoms with Crippen LogP contribution < -0.4 is 10.6 Å². The fourth-order valence-electron chi connectivity index (χ4n) is 3.56. The van der Waals surface area contributed by atoms with Gasteiger partial charge in [-0.15, -0.1) is 0 Å². The Morgan fingerprint density at radius 1 is 1.16 bits per heavy atom. The predicted molar refractivity (Wildman–Crippen MR) is 119 cm³/mol. The zero-order valence-corrected chi connectivity index (χ0v) is 17.9. The molecule has 2 amide bonds. The summed E-state index contributed by atoms with van der Waals surface area (Å²) < 4.78 is 2.02. The molecule has 2 aromatic carbocycles. The van der Waals surface area contributed by atoms with E-state index in [0.717, 1.165) is 16.5 Å². The van der Waals surface area contributed by atoms with Crippen molar-refractivity contribution in [2.24, 2.45) is 7.05 Å². The summed E-state index contributed by atoms with van der Waals surface area (Å²) in [6, 6.07) is 12.2. The normalized spacial score (nSPS) is 12.0. The van der Waals surface area contributed by atoms with Crippen LogP contribution in [0, 0.1) is 17.0 Å². The van der Waals surface area contributed by atoms with Gasteiger partial charge in [0.2, 0.25) is 0 Å². The van der Waals surface area contributed by atoms with E-state index in [4.69, 9.17) is 0 Å². The second-order valence-electron chi connectivity index (χ2n) is 7.63. The number of likely N-dealkylation sites (N-methyl/N-ethyl adjacent to an activating group) is 1. The van der Waals surface area contributed by atoms with Crippen molar-refractivity contribution < 1.29 is 14.5 Å². The number of para-hydroxylation sites is 1. The first-order valence-corrected chi connectivity index (χ1v) is 9.73. The van der Waals surface area contributed by atoms with Crippen LogP contribution in [0.3, 0.4) is 0 Å². The molecule has 0 saturated carbocycles. The van der Waals surface area contributed by atoms with E-state index in [1.807, 2.05) is 61.1 Å². The van der Waals surface area contributed by atoms with Gasteiger partial charge >= 0.3 is 11.8 Å². The highest BCUT2D eigenvalue weighted by molar-refractivity contribution is 6.39. The van der Waals surface area contributed by atoms with Gasteiger partial charge in [0.05, 0.1) is 11.0 Å². The van der Waals surface area contributed by atoms with Crippen LogP contribution in [-0.2, 0) is 16.6 Å².